The summed E-state index contributed by atoms with van der Waals surface area (Å²) < 4.78 is 11.0. The topological polar surface area (TPSA) is 44.5 Å². The average Bonchev–Trinajstić information content (AvgIpc) is 2.76. The Morgan fingerprint density at radius 1 is 1.62 bits per heavy atom. The van der Waals surface area contributed by atoms with Gasteiger partial charge in [0.15, 0.2) is 6.29 Å². The van der Waals surface area contributed by atoms with E-state index in [1.54, 1.807) is 11.3 Å². The number of nitrogens with two attached hydrogens (primary N) is 1. The van der Waals surface area contributed by atoms with Crippen LogP contribution in [-0.2, 0) is 15.9 Å². The number of hydrogen-bond acceptors (Lipinski definition) is 4. The number of thiophene rings is 1. The van der Waals surface area contributed by atoms with Gasteiger partial charge >= 0.3 is 0 Å². The fourth-order valence-corrected chi connectivity index (χ4v) is 2.05. The van der Waals surface area contributed by atoms with Crippen LogP contribution in [0.3, 0.4) is 0 Å². The Labute approximate surface area is 81.5 Å². The van der Waals surface area contributed by atoms with Crippen molar-refractivity contribution in [1.29, 1.82) is 0 Å². The minimum Gasteiger partial charge on any atom is -0.350 e. The zero-order chi connectivity index (χ0) is 9.10. The van der Waals surface area contributed by atoms with Crippen LogP contribution in [0.2, 0.25) is 0 Å². The maximum Gasteiger partial charge on any atom is 0.163 e. The highest BCUT2D eigenvalue weighted by Crippen LogP contribution is 2.18. The fraction of sp³-hybridized carbons (Fsp3) is 0.556. The van der Waals surface area contributed by atoms with Gasteiger partial charge in [0.25, 0.3) is 0 Å². The van der Waals surface area contributed by atoms with Crippen LogP contribution in [0.15, 0.2) is 17.5 Å². The zero-order valence-corrected chi connectivity index (χ0v) is 8.13. The van der Waals surface area contributed by atoms with Crippen molar-refractivity contribution in [2.24, 2.45) is 5.73 Å². The summed E-state index contributed by atoms with van der Waals surface area (Å²) in [6, 6.07) is 4.13. The highest BCUT2D eigenvalue weighted by molar-refractivity contribution is 7.09. The van der Waals surface area contributed by atoms with Gasteiger partial charge in [-0.15, -0.1) is 11.3 Å². The first-order chi connectivity index (χ1) is 6.38. The molecule has 72 valence electrons. The Morgan fingerprint density at radius 3 is 3.15 bits per heavy atom. The van der Waals surface area contributed by atoms with E-state index in [2.05, 4.69) is 11.4 Å². The van der Waals surface area contributed by atoms with Gasteiger partial charge in [0.1, 0.15) is 0 Å². The molecule has 2 unspecified atom stereocenters. The molecule has 2 rings (SSSR count). The molecule has 0 spiro atoms. The molecule has 1 aliphatic heterocycles. The second-order valence-electron chi connectivity index (χ2n) is 3.04. The van der Waals surface area contributed by atoms with Crippen LogP contribution in [0.5, 0.6) is 0 Å². The third-order valence-corrected chi connectivity index (χ3v) is 2.92. The highest BCUT2D eigenvalue weighted by Gasteiger charge is 2.24. The molecule has 2 atom stereocenters. The third-order valence-electron chi connectivity index (χ3n) is 2.02. The van der Waals surface area contributed by atoms with Crippen LogP contribution in [0.1, 0.15) is 4.88 Å². The summed E-state index contributed by atoms with van der Waals surface area (Å²) in [5, 5.41) is 2.06. The molecule has 1 aliphatic rings. The van der Waals surface area contributed by atoms with Gasteiger partial charge in [0.05, 0.1) is 12.7 Å². The van der Waals surface area contributed by atoms with E-state index in [4.69, 9.17) is 15.2 Å². The minimum atomic E-state index is -0.0906. The van der Waals surface area contributed by atoms with Gasteiger partial charge in [-0.2, -0.15) is 0 Å². The minimum absolute atomic E-state index is 0.0879. The quantitative estimate of drug-likeness (QED) is 0.789. The second-order valence-corrected chi connectivity index (χ2v) is 4.07. The third kappa shape index (κ3) is 2.28. The Bertz CT molecular complexity index is 250. The van der Waals surface area contributed by atoms with Gasteiger partial charge in [-0.25, -0.2) is 0 Å². The smallest absolute Gasteiger partial charge is 0.163 e. The summed E-state index contributed by atoms with van der Waals surface area (Å²) in [5.41, 5.74) is 5.47. The fourth-order valence-electron chi connectivity index (χ4n) is 1.33. The zero-order valence-electron chi connectivity index (χ0n) is 7.31. The molecule has 0 bridgehead atoms. The summed E-state index contributed by atoms with van der Waals surface area (Å²) in [6.45, 7) is 1.17. The summed E-state index contributed by atoms with van der Waals surface area (Å²) in [7, 11) is 0. The van der Waals surface area contributed by atoms with Crippen molar-refractivity contribution in [3.63, 3.8) is 0 Å². The molecule has 2 N–H and O–H groups in total. The van der Waals surface area contributed by atoms with Crippen LogP contribution < -0.4 is 5.73 Å². The second kappa shape index (κ2) is 4.19. The van der Waals surface area contributed by atoms with Crippen molar-refractivity contribution in [1.82, 2.24) is 0 Å². The van der Waals surface area contributed by atoms with Crippen LogP contribution >= 0.6 is 11.3 Å². The Morgan fingerprint density at radius 2 is 2.54 bits per heavy atom. The predicted octanol–water partition coefficient (Wildman–Crippen LogP) is 0.991. The lowest BCUT2D eigenvalue weighted by molar-refractivity contribution is -0.0536. The lowest BCUT2D eigenvalue weighted by Crippen LogP contribution is -2.23. The molecular formula is C9H13NO2S. The van der Waals surface area contributed by atoms with Gasteiger partial charge in [-0.1, -0.05) is 6.07 Å². The van der Waals surface area contributed by atoms with Crippen LogP contribution in [0, 0.1) is 0 Å². The van der Waals surface area contributed by atoms with E-state index in [0.717, 1.165) is 6.42 Å². The van der Waals surface area contributed by atoms with E-state index >= 15 is 0 Å². The predicted molar refractivity (Wildman–Crippen MR) is 51.7 cm³/mol. The van der Waals surface area contributed by atoms with Crippen LogP contribution in [0.4, 0.5) is 0 Å². The molecule has 0 radical (unpaired) electrons. The van der Waals surface area contributed by atoms with Gasteiger partial charge in [-0.3, -0.25) is 0 Å². The van der Waals surface area contributed by atoms with Crippen molar-refractivity contribution in [2.75, 3.05) is 13.2 Å². The van der Waals surface area contributed by atoms with E-state index < -0.39 is 0 Å². The van der Waals surface area contributed by atoms with Crippen LogP contribution in [0.25, 0.3) is 0 Å². The van der Waals surface area contributed by atoms with E-state index in [0.29, 0.717) is 13.2 Å². The van der Waals surface area contributed by atoms with E-state index in [1.807, 2.05) is 6.07 Å². The van der Waals surface area contributed by atoms with Gasteiger partial charge in [0.2, 0.25) is 0 Å². The van der Waals surface area contributed by atoms with E-state index in [-0.39, 0.29) is 12.4 Å². The lowest BCUT2D eigenvalue weighted by Gasteiger charge is -2.08. The molecule has 0 aliphatic carbocycles. The molecule has 1 aromatic heterocycles. The molecular weight excluding hydrogens is 186 g/mol. The normalized spacial score (nSPS) is 28.1. The summed E-state index contributed by atoms with van der Waals surface area (Å²) in [6.07, 6.45) is 0.839. The standard InChI is InChI=1S/C9H13NO2S/c10-5-7-6-11-9(12-7)4-8-2-1-3-13-8/h1-3,7,9H,4-6,10H2. The SMILES string of the molecule is NCC1COC(Cc2cccs2)O1. The molecule has 1 fully saturated rings. The van der Waals surface area contributed by atoms with Gasteiger partial charge < -0.3 is 15.2 Å². The Balaban J connectivity index is 1.84. The number of ether oxygens (including phenoxy) is 2. The maximum atomic E-state index is 5.54. The Kier molecular flexibility index (Phi) is 2.95. The van der Waals surface area contributed by atoms with Crippen molar-refractivity contribution in [2.45, 2.75) is 18.8 Å². The lowest BCUT2D eigenvalue weighted by atomic mass is 10.3. The molecule has 13 heavy (non-hydrogen) atoms. The van der Waals surface area contributed by atoms with Crippen molar-refractivity contribution >= 4 is 11.3 Å². The molecule has 0 amide bonds. The molecule has 0 saturated carbocycles. The maximum absolute atomic E-state index is 5.54. The van der Waals surface area contributed by atoms with Crippen molar-refractivity contribution < 1.29 is 9.47 Å². The molecule has 2 heterocycles. The van der Waals surface area contributed by atoms with Gasteiger partial charge in [0, 0.05) is 17.8 Å². The van der Waals surface area contributed by atoms with E-state index in [1.165, 1.54) is 4.88 Å². The molecule has 1 saturated heterocycles. The summed E-state index contributed by atoms with van der Waals surface area (Å²) in [5.74, 6) is 0. The Hall–Kier alpha value is -0.420. The number of rotatable bonds is 3. The van der Waals surface area contributed by atoms with Gasteiger partial charge in [-0.05, 0) is 11.4 Å². The number of hydrogen-bond donors (Lipinski definition) is 1. The van der Waals surface area contributed by atoms with Crippen LogP contribution in [-0.4, -0.2) is 25.5 Å². The molecule has 0 aromatic carbocycles. The summed E-state index contributed by atoms with van der Waals surface area (Å²) >= 11 is 1.73. The molecule has 3 nitrogen and oxygen atoms in total. The largest absolute Gasteiger partial charge is 0.350 e. The van der Waals surface area contributed by atoms with Crippen molar-refractivity contribution in [3.05, 3.63) is 22.4 Å². The molecule has 4 heteroatoms. The summed E-state index contributed by atoms with van der Waals surface area (Å²) in [4.78, 5) is 1.29. The first-order valence-electron chi connectivity index (χ1n) is 4.38. The average molecular weight is 199 g/mol. The molecule has 1 aromatic rings. The highest BCUT2D eigenvalue weighted by atomic mass is 32.1. The van der Waals surface area contributed by atoms with E-state index in [9.17, 15) is 0 Å². The first-order valence-corrected chi connectivity index (χ1v) is 5.26. The van der Waals surface area contributed by atoms with Crippen molar-refractivity contribution in [3.8, 4) is 0 Å². The monoisotopic (exact) mass is 199 g/mol. The first kappa shape index (κ1) is 9.15.